The van der Waals surface area contributed by atoms with Crippen molar-refractivity contribution in [3.63, 3.8) is 0 Å². The Morgan fingerprint density at radius 3 is 2.34 bits per heavy atom. The smallest absolute Gasteiger partial charge is 0.330 e. The molecular weight excluding hydrogens is 992 g/mol. The molecule has 0 spiro atoms. The number of ether oxygens (including phenoxy) is 1. The topological polar surface area (TPSA) is 333 Å². The van der Waals surface area contributed by atoms with E-state index in [2.05, 4.69) is 50.3 Å². The second-order valence-corrected chi connectivity index (χ2v) is 18.5. The molecule has 1 aromatic heterocycles. The van der Waals surface area contributed by atoms with Crippen molar-refractivity contribution < 1.29 is 68.6 Å². The summed E-state index contributed by atoms with van der Waals surface area (Å²) in [5, 5.41) is 28.9. The van der Waals surface area contributed by atoms with Crippen molar-refractivity contribution in [3.8, 4) is 23.0 Å². The first-order valence-corrected chi connectivity index (χ1v) is 23.7. The van der Waals surface area contributed by atoms with Crippen molar-refractivity contribution in [2.45, 2.75) is 26.8 Å². The fourth-order valence-corrected chi connectivity index (χ4v) is 9.27. The van der Waals surface area contributed by atoms with Gasteiger partial charge in [0.1, 0.15) is 37.6 Å². The molecule has 2 aliphatic heterocycles. The van der Waals surface area contributed by atoms with Crippen LogP contribution in [0.4, 0.5) is 29.0 Å². The van der Waals surface area contributed by atoms with E-state index in [0.717, 1.165) is 23.8 Å². The Morgan fingerprint density at radius 2 is 1.64 bits per heavy atom. The summed E-state index contributed by atoms with van der Waals surface area (Å²) in [4.78, 5) is 43.9. The van der Waals surface area contributed by atoms with E-state index in [1.165, 1.54) is 31.2 Å². The molecule has 64 heavy (non-hydrogen) atoms. The number of hydrogen-bond acceptors (Lipinski definition) is 23. The van der Waals surface area contributed by atoms with Crippen LogP contribution in [-0.4, -0.2) is 92.8 Å². The summed E-state index contributed by atoms with van der Waals surface area (Å²) < 4.78 is 91.7. The SMILES string of the molecule is Cc1ccc2c(c1S(=O)(=O)O)Oc1c(c(Cl)c3oc4c(S(=O)(=O)O)c(=NCCNc5nc(Nc6ccc(SOC(=O)CSOOO)cc6)nc(SCC(=O)O)n5)ccc-4nc3c1Cl)N2. The molecule has 0 fully saturated rings. The second-order valence-electron chi connectivity index (χ2n) is 12.6. The molecule has 0 saturated heterocycles. The number of rotatable bonds is 17. The van der Waals surface area contributed by atoms with Crippen LogP contribution in [0.15, 0.2) is 77.8 Å². The molecule has 3 aromatic carbocycles. The van der Waals surface area contributed by atoms with Crippen LogP contribution in [0.25, 0.3) is 22.6 Å². The molecule has 3 heterocycles. The molecule has 3 aliphatic rings. The van der Waals surface area contributed by atoms with E-state index in [4.69, 9.17) is 41.8 Å². The highest BCUT2D eigenvalue weighted by molar-refractivity contribution is 7.99. The van der Waals surface area contributed by atoms with E-state index in [1.807, 2.05) is 0 Å². The van der Waals surface area contributed by atoms with Gasteiger partial charge in [0, 0.05) is 29.2 Å². The monoisotopic (exact) mass is 1020 g/mol. The van der Waals surface area contributed by atoms with Crippen LogP contribution in [0.2, 0.25) is 10.0 Å². The van der Waals surface area contributed by atoms with E-state index in [1.54, 1.807) is 24.3 Å². The minimum atomic E-state index is -5.07. The minimum absolute atomic E-state index is 0.00492. The van der Waals surface area contributed by atoms with E-state index >= 15 is 0 Å². The van der Waals surface area contributed by atoms with Gasteiger partial charge in [-0.25, -0.2) is 10.2 Å². The normalized spacial score (nSPS) is 12.6. The summed E-state index contributed by atoms with van der Waals surface area (Å²) in [6.07, 6.45) is 0. The Hall–Kier alpha value is -5.24. The average Bonchev–Trinajstić information content (AvgIpc) is 3.24. The Labute approximate surface area is 382 Å². The first-order chi connectivity index (χ1) is 30.4. The number of thioether (sulfide) groups is 1. The second kappa shape index (κ2) is 19.5. The van der Waals surface area contributed by atoms with Crippen LogP contribution in [0.1, 0.15) is 5.56 Å². The lowest BCUT2D eigenvalue weighted by Crippen LogP contribution is -2.20. The van der Waals surface area contributed by atoms with Crippen molar-refractivity contribution in [3.05, 3.63) is 69.5 Å². The number of anilines is 5. The number of carboxylic acid groups (broad SMARTS) is 1. The molecule has 30 heteroatoms. The van der Waals surface area contributed by atoms with Gasteiger partial charge in [-0.1, -0.05) is 46.1 Å². The third-order valence-corrected chi connectivity index (χ3v) is 13.0. The maximum atomic E-state index is 12.9. The Morgan fingerprint density at radius 1 is 0.906 bits per heavy atom. The number of nitrogens with one attached hydrogen (secondary N) is 3. The van der Waals surface area contributed by atoms with Gasteiger partial charge < -0.3 is 34.4 Å². The molecule has 1 aliphatic carbocycles. The summed E-state index contributed by atoms with van der Waals surface area (Å²) >= 11 is 15.6. The van der Waals surface area contributed by atoms with Gasteiger partial charge in [-0.3, -0.25) is 23.7 Å². The Balaban J connectivity index is 1.13. The number of hydrogen-bond donors (Lipinski definition) is 7. The van der Waals surface area contributed by atoms with Crippen LogP contribution < -0.4 is 26.0 Å². The lowest BCUT2D eigenvalue weighted by atomic mass is 10.1. The third kappa shape index (κ3) is 10.6. The molecule has 4 aromatic rings. The molecule has 0 saturated carbocycles. The highest BCUT2D eigenvalue weighted by Gasteiger charge is 2.34. The molecule has 0 bridgehead atoms. The number of carboxylic acids is 1. The maximum absolute atomic E-state index is 12.9. The van der Waals surface area contributed by atoms with Crippen LogP contribution in [-0.2, 0) is 43.4 Å². The zero-order chi connectivity index (χ0) is 45.9. The van der Waals surface area contributed by atoms with Crippen LogP contribution >= 0.6 is 59.0 Å². The number of carbonyl (C=O) groups excluding carboxylic acids is 1. The zero-order valence-corrected chi connectivity index (χ0v) is 37.4. The molecule has 0 radical (unpaired) electrons. The number of halogens is 2. The van der Waals surface area contributed by atoms with Gasteiger partial charge in [0.2, 0.25) is 11.9 Å². The van der Waals surface area contributed by atoms with Gasteiger partial charge >= 0.3 is 22.1 Å². The van der Waals surface area contributed by atoms with Gasteiger partial charge in [0.05, 0.1) is 35.4 Å². The fraction of sp³-hybridized carbons (Fsp3) is 0.147. The lowest BCUT2D eigenvalue weighted by molar-refractivity contribution is -0.432. The lowest BCUT2D eigenvalue weighted by Gasteiger charge is -2.26. The number of benzene rings is 4. The van der Waals surface area contributed by atoms with Crippen molar-refractivity contribution >= 4 is 131 Å². The minimum Gasteiger partial charge on any atom is -0.481 e. The molecule has 23 nitrogen and oxygen atoms in total. The number of aromatic nitrogens is 4. The number of fused-ring (bicyclic) bond motifs is 4. The predicted molar refractivity (Wildman–Crippen MR) is 231 cm³/mol. The fourth-order valence-electron chi connectivity index (χ4n) is 5.74. The quantitative estimate of drug-likeness (QED) is 0.00957. The van der Waals surface area contributed by atoms with Crippen molar-refractivity contribution in [1.82, 2.24) is 19.9 Å². The standard InChI is InChI=1S/C34H26Cl2N8O15S5/c1-14-2-7-17-26(30(14)63(49,50)51)55-28-22(35)25-29(23(36)24(28)40-17)56-27-18(41-25)8-9-19(31(27)64(52,53)54)37-10-11-38-32-42-33(44-34(43-32)60-12-20(45)46)39-15-3-5-16(6-4-15)62-57-21(47)13-61-59-58-48/h2-9,40,48H,10-13H2,1H3,(H,45,46)(H,49,50,51)(H,52,53,54)(H2,38,39,42,43,44). The summed E-state index contributed by atoms with van der Waals surface area (Å²) in [6.45, 7) is 1.29. The molecule has 7 rings (SSSR count). The largest absolute Gasteiger partial charge is 0.481 e. The molecule has 0 unspecified atom stereocenters. The van der Waals surface area contributed by atoms with E-state index in [9.17, 15) is 40.6 Å². The van der Waals surface area contributed by atoms with Crippen molar-refractivity contribution in [2.75, 3.05) is 40.5 Å². The van der Waals surface area contributed by atoms with Gasteiger partial charge in [-0.2, -0.15) is 31.8 Å². The summed E-state index contributed by atoms with van der Waals surface area (Å²) in [5.41, 5.74) is 0.272. The van der Waals surface area contributed by atoms with Crippen molar-refractivity contribution in [2.24, 2.45) is 4.99 Å². The molecule has 7 N–H and O–H groups in total. The Kier molecular flexibility index (Phi) is 14.2. The number of aryl methyl sites for hydroxylation is 1. The van der Waals surface area contributed by atoms with E-state index in [0.29, 0.717) is 22.6 Å². The first kappa shape index (κ1) is 46.7. The van der Waals surface area contributed by atoms with Crippen molar-refractivity contribution in [1.29, 1.82) is 0 Å². The number of aliphatic carboxylic acids is 1. The van der Waals surface area contributed by atoms with Gasteiger partial charge in [-0.05, 0) is 55.0 Å². The van der Waals surface area contributed by atoms with Crippen LogP contribution in [0.3, 0.4) is 0 Å². The van der Waals surface area contributed by atoms with Gasteiger partial charge in [0.25, 0.3) is 10.1 Å². The van der Waals surface area contributed by atoms with E-state index in [-0.39, 0.29) is 102 Å². The van der Waals surface area contributed by atoms with Gasteiger partial charge in [-0.15, -0.1) is 4.33 Å². The highest BCUT2D eigenvalue weighted by atomic mass is 35.5. The zero-order valence-electron chi connectivity index (χ0n) is 31.8. The van der Waals surface area contributed by atoms with E-state index < -0.39 is 47.7 Å². The third-order valence-electron chi connectivity index (χ3n) is 8.28. The molecular formula is C34H26Cl2N8O15S5. The summed E-state index contributed by atoms with van der Waals surface area (Å²) in [5.74, 6) is -3.26. The molecule has 0 atom stereocenters. The van der Waals surface area contributed by atoms with Gasteiger partial charge in [0.15, 0.2) is 32.9 Å². The average molecular weight is 1020 g/mol. The predicted octanol–water partition coefficient (Wildman–Crippen LogP) is 6.63. The molecule has 336 valence electrons. The number of nitrogens with zero attached hydrogens (tertiary/aromatic N) is 5. The summed E-state index contributed by atoms with van der Waals surface area (Å²) in [6, 6.07) is 12.0. The van der Waals surface area contributed by atoms with Crippen LogP contribution in [0.5, 0.6) is 11.5 Å². The van der Waals surface area contributed by atoms with Crippen LogP contribution in [0, 0.1) is 6.92 Å². The first-order valence-electron chi connectivity index (χ1n) is 17.4. The summed E-state index contributed by atoms with van der Waals surface area (Å²) in [7, 11) is -9.83. The number of carbonyl (C=O) groups is 2. The maximum Gasteiger partial charge on any atom is 0.330 e. The Bertz CT molecular complexity index is 3090. The molecule has 0 amide bonds. The highest BCUT2D eigenvalue weighted by Crippen LogP contribution is 2.54.